The van der Waals surface area contributed by atoms with E-state index in [0.717, 1.165) is 16.3 Å². The molecule has 1 amide bonds. The maximum atomic E-state index is 12.7. The summed E-state index contributed by atoms with van der Waals surface area (Å²) in [4.78, 5) is 23.1. The molecule has 9 heteroatoms. The van der Waals surface area contributed by atoms with Crippen molar-refractivity contribution in [3.63, 3.8) is 0 Å². The van der Waals surface area contributed by atoms with E-state index in [4.69, 9.17) is 21.1 Å². The van der Waals surface area contributed by atoms with Crippen LogP contribution < -0.4 is 14.8 Å². The highest BCUT2D eigenvalue weighted by Crippen LogP contribution is 2.38. The van der Waals surface area contributed by atoms with Gasteiger partial charge < -0.3 is 14.8 Å². The lowest BCUT2D eigenvalue weighted by Crippen LogP contribution is -2.13. The molecule has 0 aromatic heterocycles. The molecule has 4 aromatic rings. The number of nitro groups is 1. The molecule has 0 saturated carbocycles. The highest BCUT2D eigenvalue weighted by atomic mass is 35.5. The average molecular weight is 528 g/mol. The predicted molar refractivity (Wildman–Crippen MR) is 146 cm³/mol. The molecule has 0 aliphatic rings. The van der Waals surface area contributed by atoms with Crippen molar-refractivity contribution in [2.24, 2.45) is 0 Å². The van der Waals surface area contributed by atoms with E-state index in [0.29, 0.717) is 23.7 Å². The largest absolute Gasteiger partial charge is 0.490 e. The first-order valence-electron chi connectivity index (χ1n) is 11.6. The first kappa shape index (κ1) is 26.2. The fourth-order valence-electron chi connectivity index (χ4n) is 3.85. The standard InChI is InChI=1S/C29H22ClN3O5/c1-2-37-27-15-19(13-22(17-31)29(34)32-23-10-6-11-24(16-23)33(35)36)14-26(30)28(27)38-18-21-9-5-8-20-7-3-4-12-25(20)21/h3-16H,2,18H2,1H3,(H,32,34)/b22-13+. The average Bonchev–Trinajstić information content (AvgIpc) is 2.91. The lowest BCUT2D eigenvalue weighted by Gasteiger charge is -2.15. The van der Waals surface area contributed by atoms with Crippen molar-refractivity contribution in [2.75, 3.05) is 11.9 Å². The van der Waals surface area contributed by atoms with Crippen LogP contribution in [0.1, 0.15) is 18.1 Å². The summed E-state index contributed by atoms with van der Waals surface area (Å²) in [5.74, 6) is -0.0145. The summed E-state index contributed by atoms with van der Waals surface area (Å²) in [7, 11) is 0. The SMILES string of the molecule is CCOc1cc(/C=C(\C#N)C(=O)Nc2cccc([N+](=O)[O-])c2)cc(Cl)c1OCc1cccc2ccccc12. The Morgan fingerprint density at radius 1 is 1.08 bits per heavy atom. The number of rotatable bonds is 9. The number of carbonyl (C=O) groups is 1. The van der Waals surface area contributed by atoms with Gasteiger partial charge in [-0.1, -0.05) is 60.1 Å². The van der Waals surface area contributed by atoms with Gasteiger partial charge in [0.15, 0.2) is 11.5 Å². The Kier molecular flexibility index (Phi) is 8.21. The first-order chi connectivity index (χ1) is 18.4. The maximum absolute atomic E-state index is 12.7. The molecule has 4 rings (SSSR count). The Balaban J connectivity index is 1.58. The number of nitrogens with zero attached hydrogens (tertiary/aromatic N) is 2. The molecule has 0 aliphatic carbocycles. The van der Waals surface area contributed by atoms with E-state index in [1.54, 1.807) is 12.1 Å². The van der Waals surface area contributed by atoms with Gasteiger partial charge in [-0.15, -0.1) is 0 Å². The van der Waals surface area contributed by atoms with Crippen molar-refractivity contribution in [1.29, 1.82) is 5.26 Å². The second-order valence-corrected chi connectivity index (χ2v) is 8.53. The number of nitro benzene ring substituents is 1. The van der Waals surface area contributed by atoms with Crippen molar-refractivity contribution < 1.29 is 19.2 Å². The summed E-state index contributed by atoms with van der Waals surface area (Å²) >= 11 is 6.56. The van der Waals surface area contributed by atoms with Crippen LogP contribution >= 0.6 is 11.6 Å². The zero-order valence-corrected chi connectivity index (χ0v) is 21.1. The second kappa shape index (κ2) is 11.9. The topological polar surface area (TPSA) is 114 Å². The van der Waals surface area contributed by atoms with Crippen molar-refractivity contribution in [1.82, 2.24) is 0 Å². The van der Waals surface area contributed by atoms with Gasteiger partial charge in [0.05, 0.1) is 16.6 Å². The quantitative estimate of drug-likeness (QED) is 0.109. The molecule has 0 atom stereocenters. The summed E-state index contributed by atoms with van der Waals surface area (Å²) in [6.07, 6.45) is 1.36. The molecular weight excluding hydrogens is 506 g/mol. The zero-order chi connectivity index (χ0) is 27.1. The van der Waals surface area contributed by atoms with E-state index in [9.17, 15) is 20.2 Å². The summed E-state index contributed by atoms with van der Waals surface area (Å²) < 4.78 is 11.8. The number of fused-ring (bicyclic) bond motifs is 1. The number of non-ortho nitro benzene ring substituents is 1. The number of anilines is 1. The summed E-state index contributed by atoms with van der Waals surface area (Å²) in [5.41, 5.74) is 1.21. The fraction of sp³-hybridized carbons (Fsp3) is 0.103. The monoisotopic (exact) mass is 527 g/mol. The first-order valence-corrected chi connectivity index (χ1v) is 12.0. The molecule has 0 radical (unpaired) electrons. The number of amides is 1. The van der Waals surface area contributed by atoms with E-state index in [-0.39, 0.29) is 28.6 Å². The van der Waals surface area contributed by atoms with Gasteiger partial charge in [0.25, 0.3) is 11.6 Å². The van der Waals surface area contributed by atoms with Gasteiger partial charge in [-0.25, -0.2) is 0 Å². The van der Waals surface area contributed by atoms with E-state index < -0.39 is 10.8 Å². The summed E-state index contributed by atoms with van der Waals surface area (Å²) in [6.45, 7) is 2.41. The van der Waals surface area contributed by atoms with E-state index in [2.05, 4.69) is 5.32 Å². The Bertz CT molecular complexity index is 1590. The predicted octanol–water partition coefficient (Wildman–Crippen LogP) is 6.92. The number of carbonyl (C=O) groups excluding carboxylic acids is 1. The van der Waals surface area contributed by atoms with Gasteiger partial charge in [-0.3, -0.25) is 14.9 Å². The van der Waals surface area contributed by atoms with Crippen LogP contribution in [0.15, 0.2) is 84.4 Å². The lowest BCUT2D eigenvalue weighted by atomic mass is 10.1. The van der Waals surface area contributed by atoms with Gasteiger partial charge in [0.2, 0.25) is 0 Å². The van der Waals surface area contributed by atoms with Crippen LogP contribution in [-0.4, -0.2) is 17.4 Å². The Hall–Kier alpha value is -4.87. The highest BCUT2D eigenvalue weighted by molar-refractivity contribution is 6.32. The van der Waals surface area contributed by atoms with Crippen molar-refractivity contribution >= 4 is 45.7 Å². The number of hydrogen-bond acceptors (Lipinski definition) is 6. The molecule has 0 unspecified atom stereocenters. The van der Waals surface area contributed by atoms with Gasteiger partial charge in [-0.05, 0) is 53.1 Å². The minimum absolute atomic E-state index is 0.183. The Labute approximate surface area is 223 Å². The van der Waals surface area contributed by atoms with Crippen LogP contribution in [0.2, 0.25) is 5.02 Å². The highest BCUT2D eigenvalue weighted by Gasteiger charge is 2.16. The van der Waals surface area contributed by atoms with Crippen LogP contribution in [0.25, 0.3) is 16.8 Å². The fourth-order valence-corrected chi connectivity index (χ4v) is 4.13. The molecular formula is C29H22ClN3O5. The minimum atomic E-state index is -0.724. The van der Waals surface area contributed by atoms with Crippen LogP contribution in [-0.2, 0) is 11.4 Å². The third-order valence-corrected chi connectivity index (χ3v) is 5.86. The van der Waals surface area contributed by atoms with Crippen molar-refractivity contribution in [3.05, 3.63) is 111 Å². The second-order valence-electron chi connectivity index (χ2n) is 8.12. The molecule has 0 aliphatic heterocycles. The van der Waals surface area contributed by atoms with Crippen molar-refractivity contribution in [3.8, 4) is 17.6 Å². The summed E-state index contributed by atoms with van der Waals surface area (Å²) in [6, 6.07) is 24.5. The molecule has 4 aromatic carbocycles. The number of benzene rings is 4. The van der Waals surface area contributed by atoms with E-state index >= 15 is 0 Å². The van der Waals surface area contributed by atoms with Gasteiger partial charge in [0.1, 0.15) is 18.2 Å². The molecule has 0 saturated heterocycles. The molecule has 0 bridgehead atoms. The molecule has 8 nitrogen and oxygen atoms in total. The minimum Gasteiger partial charge on any atom is -0.490 e. The normalized spacial score (nSPS) is 11.0. The van der Waals surface area contributed by atoms with Crippen LogP contribution in [0.3, 0.4) is 0 Å². The molecule has 190 valence electrons. The van der Waals surface area contributed by atoms with Crippen LogP contribution in [0, 0.1) is 21.4 Å². The third kappa shape index (κ3) is 6.09. The Morgan fingerprint density at radius 3 is 2.61 bits per heavy atom. The lowest BCUT2D eigenvalue weighted by molar-refractivity contribution is -0.384. The molecule has 1 N–H and O–H groups in total. The number of hydrogen-bond donors (Lipinski definition) is 1. The summed E-state index contributed by atoms with van der Waals surface area (Å²) in [5, 5.41) is 25.5. The number of ether oxygens (including phenoxy) is 2. The number of nitriles is 1. The van der Waals surface area contributed by atoms with E-state index in [1.165, 1.54) is 30.3 Å². The van der Waals surface area contributed by atoms with Gasteiger partial charge in [-0.2, -0.15) is 5.26 Å². The molecule has 38 heavy (non-hydrogen) atoms. The number of halogens is 1. The molecule has 0 heterocycles. The molecule has 0 spiro atoms. The zero-order valence-electron chi connectivity index (χ0n) is 20.3. The third-order valence-electron chi connectivity index (χ3n) is 5.57. The van der Waals surface area contributed by atoms with E-state index in [1.807, 2.05) is 55.5 Å². The van der Waals surface area contributed by atoms with Crippen molar-refractivity contribution in [2.45, 2.75) is 13.5 Å². The van der Waals surface area contributed by atoms with Crippen LogP contribution in [0.4, 0.5) is 11.4 Å². The maximum Gasteiger partial charge on any atom is 0.271 e. The molecule has 0 fully saturated rings. The van der Waals surface area contributed by atoms with Crippen LogP contribution in [0.5, 0.6) is 11.5 Å². The smallest absolute Gasteiger partial charge is 0.271 e. The number of nitrogens with one attached hydrogen (secondary N) is 1. The van der Waals surface area contributed by atoms with Gasteiger partial charge in [0, 0.05) is 17.8 Å². The Morgan fingerprint density at radius 2 is 1.84 bits per heavy atom. The van der Waals surface area contributed by atoms with Gasteiger partial charge >= 0.3 is 0 Å².